The lowest BCUT2D eigenvalue weighted by Crippen LogP contribution is -2.21. The van der Waals surface area contributed by atoms with Crippen molar-refractivity contribution in [2.24, 2.45) is 5.92 Å². The van der Waals surface area contributed by atoms with Gasteiger partial charge >= 0.3 is 5.97 Å². The number of esters is 1. The third-order valence-corrected chi connectivity index (χ3v) is 3.97. The van der Waals surface area contributed by atoms with Gasteiger partial charge in [-0.1, -0.05) is 25.3 Å². The normalized spacial score (nSPS) is 22.7. The monoisotopic (exact) mass is 247 g/mol. The van der Waals surface area contributed by atoms with Gasteiger partial charge in [-0.25, -0.2) is 4.79 Å². The number of rotatable bonds is 3. The second kappa shape index (κ2) is 6.58. The van der Waals surface area contributed by atoms with Gasteiger partial charge in [0.1, 0.15) is 17.7 Å². The molecule has 0 saturated heterocycles. The molecule has 2 fully saturated rings. The van der Waals surface area contributed by atoms with Gasteiger partial charge in [0.2, 0.25) is 0 Å². The second-order valence-electron chi connectivity index (χ2n) is 5.40. The van der Waals surface area contributed by atoms with Crippen molar-refractivity contribution in [1.29, 1.82) is 5.26 Å². The Kier molecular flexibility index (Phi) is 4.81. The highest BCUT2D eigenvalue weighted by Crippen LogP contribution is 2.27. The summed E-state index contributed by atoms with van der Waals surface area (Å²) >= 11 is 0. The second-order valence-corrected chi connectivity index (χ2v) is 5.40. The van der Waals surface area contributed by atoms with Crippen molar-refractivity contribution in [2.45, 2.75) is 63.9 Å². The quantitative estimate of drug-likeness (QED) is 0.435. The van der Waals surface area contributed by atoms with Crippen LogP contribution in [0.3, 0.4) is 0 Å². The highest BCUT2D eigenvalue weighted by atomic mass is 16.5. The van der Waals surface area contributed by atoms with Crippen LogP contribution in [0, 0.1) is 17.2 Å². The summed E-state index contributed by atoms with van der Waals surface area (Å²) in [6, 6.07) is 2.00. The Balaban J connectivity index is 1.90. The molecule has 98 valence electrons. The molecule has 0 spiro atoms. The fourth-order valence-electron chi connectivity index (χ4n) is 2.91. The van der Waals surface area contributed by atoms with E-state index in [1.165, 1.54) is 19.3 Å². The first-order valence-electron chi connectivity index (χ1n) is 7.12. The van der Waals surface area contributed by atoms with Crippen LogP contribution in [0.25, 0.3) is 0 Å². The lowest BCUT2D eigenvalue weighted by Gasteiger charge is -2.21. The number of nitrogens with zero attached hydrogens (tertiary/aromatic N) is 1. The summed E-state index contributed by atoms with van der Waals surface area (Å²) in [6.07, 6.45) is 11.9. The Morgan fingerprint density at radius 3 is 2.28 bits per heavy atom. The molecule has 2 saturated carbocycles. The van der Waals surface area contributed by atoms with E-state index in [1.54, 1.807) is 0 Å². The first kappa shape index (κ1) is 13.1. The van der Waals surface area contributed by atoms with E-state index in [0.717, 1.165) is 38.5 Å². The molecule has 0 aromatic rings. The van der Waals surface area contributed by atoms with Crippen LogP contribution in [0.15, 0.2) is 11.6 Å². The SMILES string of the molecule is N#C/C(=C\C1CCCC1)C(=O)OC1CCCCC1. The van der Waals surface area contributed by atoms with E-state index in [4.69, 9.17) is 10.00 Å². The topological polar surface area (TPSA) is 50.1 Å². The highest BCUT2D eigenvalue weighted by molar-refractivity contribution is 5.92. The Labute approximate surface area is 109 Å². The summed E-state index contributed by atoms with van der Waals surface area (Å²) in [5, 5.41) is 9.07. The number of carbonyl (C=O) groups excluding carboxylic acids is 1. The predicted octanol–water partition coefficient (Wildman–Crippen LogP) is 3.50. The van der Waals surface area contributed by atoms with Gasteiger partial charge in [-0.3, -0.25) is 0 Å². The predicted molar refractivity (Wildman–Crippen MR) is 68.6 cm³/mol. The average molecular weight is 247 g/mol. The molecule has 0 unspecified atom stereocenters. The van der Waals surface area contributed by atoms with E-state index in [9.17, 15) is 4.79 Å². The van der Waals surface area contributed by atoms with E-state index in [2.05, 4.69) is 0 Å². The van der Waals surface area contributed by atoms with Gasteiger partial charge in [0, 0.05) is 0 Å². The molecule has 0 radical (unpaired) electrons. The smallest absolute Gasteiger partial charge is 0.348 e. The van der Waals surface area contributed by atoms with Crippen molar-refractivity contribution in [2.75, 3.05) is 0 Å². The zero-order chi connectivity index (χ0) is 12.8. The maximum absolute atomic E-state index is 11.9. The minimum Gasteiger partial charge on any atom is -0.458 e. The van der Waals surface area contributed by atoms with Crippen LogP contribution >= 0.6 is 0 Å². The summed E-state index contributed by atoms with van der Waals surface area (Å²) in [7, 11) is 0. The van der Waals surface area contributed by atoms with Crippen molar-refractivity contribution >= 4 is 5.97 Å². The summed E-state index contributed by atoms with van der Waals surface area (Å²) in [6.45, 7) is 0. The molecule has 0 amide bonds. The first-order chi connectivity index (χ1) is 8.79. The number of hydrogen-bond acceptors (Lipinski definition) is 3. The van der Waals surface area contributed by atoms with Crippen molar-refractivity contribution in [3.8, 4) is 6.07 Å². The molecule has 0 bridgehead atoms. The summed E-state index contributed by atoms with van der Waals surface area (Å²) in [5.74, 6) is -0.00476. The van der Waals surface area contributed by atoms with Crippen LogP contribution < -0.4 is 0 Å². The molecular formula is C15H21NO2. The third-order valence-electron chi connectivity index (χ3n) is 3.97. The number of ether oxygens (including phenoxy) is 1. The fraction of sp³-hybridized carbons (Fsp3) is 0.733. The maximum Gasteiger partial charge on any atom is 0.348 e. The minimum absolute atomic E-state index is 0.0339. The molecule has 0 N–H and O–H groups in total. The van der Waals surface area contributed by atoms with Crippen molar-refractivity contribution in [1.82, 2.24) is 0 Å². The van der Waals surface area contributed by atoms with Gasteiger partial charge < -0.3 is 4.74 Å². The third kappa shape index (κ3) is 3.60. The molecule has 0 heterocycles. The molecule has 18 heavy (non-hydrogen) atoms. The molecule has 2 aliphatic carbocycles. The maximum atomic E-state index is 11.9. The van der Waals surface area contributed by atoms with Gasteiger partial charge in [0.25, 0.3) is 0 Å². The van der Waals surface area contributed by atoms with Crippen molar-refractivity contribution in [3.05, 3.63) is 11.6 Å². The number of carbonyl (C=O) groups is 1. The molecule has 3 nitrogen and oxygen atoms in total. The summed E-state index contributed by atoms with van der Waals surface area (Å²) < 4.78 is 5.42. The Hall–Kier alpha value is -1.30. The largest absolute Gasteiger partial charge is 0.458 e. The Morgan fingerprint density at radius 2 is 1.67 bits per heavy atom. The minimum atomic E-state index is -0.406. The molecule has 0 aliphatic heterocycles. The van der Waals surface area contributed by atoms with Crippen LogP contribution in [-0.4, -0.2) is 12.1 Å². The molecule has 2 rings (SSSR count). The summed E-state index contributed by atoms with van der Waals surface area (Å²) in [4.78, 5) is 11.9. The molecule has 0 aromatic carbocycles. The number of hydrogen-bond donors (Lipinski definition) is 0. The number of nitriles is 1. The Bertz CT molecular complexity index is 355. The van der Waals surface area contributed by atoms with Crippen LogP contribution in [0.4, 0.5) is 0 Å². The zero-order valence-corrected chi connectivity index (χ0v) is 10.9. The van der Waals surface area contributed by atoms with Gasteiger partial charge in [-0.2, -0.15) is 5.26 Å². The first-order valence-corrected chi connectivity index (χ1v) is 7.12. The molecule has 0 aromatic heterocycles. The van der Waals surface area contributed by atoms with E-state index in [1.807, 2.05) is 12.1 Å². The van der Waals surface area contributed by atoms with Gasteiger partial charge in [-0.05, 0) is 44.4 Å². The molecular weight excluding hydrogens is 226 g/mol. The highest BCUT2D eigenvalue weighted by Gasteiger charge is 2.22. The van der Waals surface area contributed by atoms with E-state index in [-0.39, 0.29) is 11.7 Å². The molecule has 2 aliphatic rings. The fourth-order valence-corrected chi connectivity index (χ4v) is 2.91. The summed E-state index contributed by atoms with van der Waals surface area (Å²) in [5.41, 5.74) is 0.215. The van der Waals surface area contributed by atoms with E-state index >= 15 is 0 Å². The molecule has 3 heteroatoms. The van der Waals surface area contributed by atoms with Gasteiger partial charge in [-0.15, -0.1) is 0 Å². The molecule has 0 atom stereocenters. The van der Waals surface area contributed by atoms with Crippen LogP contribution in [0.5, 0.6) is 0 Å². The van der Waals surface area contributed by atoms with Crippen LogP contribution in [0.2, 0.25) is 0 Å². The zero-order valence-electron chi connectivity index (χ0n) is 10.9. The average Bonchev–Trinajstić information content (AvgIpc) is 2.90. The lowest BCUT2D eigenvalue weighted by molar-refractivity contribution is -0.145. The number of allylic oxidation sites excluding steroid dienone is 1. The van der Waals surface area contributed by atoms with Crippen LogP contribution in [0.1, 0.15) is 57.8 Å². The standard InChI is InChI=1S/C15H21NO2/c16-11-13(10-12-6-4-5-7-12)15(17)18-14-8-2-1-3-9-14/h10,12,14H,1-9H2/b13-10+. The van der Waals surface area contributed by atoms with Gasteiger partial charge in [0.05, 0.1) is 0 Å². The van der Waals surface area contributed by atoms with Crippen LogP contribution in [-0.2, 0) is 9.53 Å². The van der Waals surface area contributed by atoms with Gasteiger partial charge in [0.15, 0.2) is 0 Å². The Morgan fingerprint density at radius 1 is 1.06 bits per heavy atom. The lowest BCUT2D eigenvalue weighted by atomic mass is 9.97. The van der Waals surface area contributed by atoms with Crippen molar-refractivity contribution < 1.29 is 9.53 Å². The van der Waals surface area contributed by atoms with E-state index in [0.29, 0.717) is 5.92 Å². The van der Waals surface area contributed by atoms with E-state index < -0.39 is 5.97 Å². The van der Waals surface area contributed by atoms with Crippen molar-refractivity contribution in [3.63, 3.8) is 0 Å².